The van der Waals surface area contributed by atoms with Crippen LogP contribution in [-0.4, -0.2) is 54.0 Å². The molecule has 0 saturated carbocycles. The molecule has 0 unspecified atom stereocenters. The molecule has 2 aliphatic rings. The minimum Gasteiger partial charge on any atom is -0.340 e. The fourth-order valence-corrected chi connectivity index (χ4v) is 3.95. The maximum atomic E-state index is 12.9. The Morgan fingerprint density at radius 2 is 1.96 bits per heavy atom. The van der Waals surface area contributed by atoms with E-state index in [4.69, 9.17) is 0 Å². The third-order valence-electron chi connectivity index (χ3n) is 4.99. The normalized spacial score (nSPS) is 20.6. The summed E-state index contributed by atoms with van der Waals surface area (Å²) in [6, 6.07) is 7.71. The van der Waals surface area contributed by atoms with Crippen LogP contribution in [0.15, 0.2) is 33.5 Å². The summed E-state index contributed by atoms with van der Waals surface area (Å²) < 4.78 is 0.918. The summed E-state index contributed by atoms with van der Waals surface area (Å²) in [6.07, 6.45) is 0.238. The van der Waals surface area contributed by atoms with Gasteiger partial charge in [-0.05, 0) is 24.7 Å². The molecule has 1 saturated heterocycles. The van der Waals surface area contributed by atoms with Crippen molar-refractivity contribution in [3.05, 3.63) is 50.2 Å². The smallest absolute Gasteiger partial charge is 0.258 e. The first-order chi connectivity index (χ1) is 12.5. The molecule has 1 aromatic carbocycles. The largest absolute Gasteiger partial charge is 0.340 e. The molecule has 2 aromatic rings. The van der Waals surface area contributed by atoms with Crippen molar-refractivity contribution >= 4 is 33.6 Å². The molecule has 3 heterocycles. The molecule has 0 spiro atoms. The van der Waals surface area contributed by atoms with Crippen molar-refractivity contribution in [2.24, 2.45) is 0 Å². The number of amides is 1. The van der Waals surface area contributed by atoms with E-state index < -0.39 is 0 Å². The van der Waals surface area contributed by atoms with Crippen molar-refractivity contribution in [3.8, 4) is 0 Å². The average Bonchev–Trinajstić information content (AvgIpc) is 2.61. The van der Waals surface area contributed by atoms with Crippen LogP contribution in [0.5, 0.6) is 0 Å². The van der Waals surface area contributed by atoms with E-state index in [1.807, 2.05) is 24.3 Å². The zero-order chi connectivity index (χ0) is 18.3. The Kier molecular flexibility index (Phi) is 4.54. The van der Waals surface area contributed by atoms with Gasteiger partial charge in [-0.15, -0.1) is 0 Å². The van der Waals surface area contributed by atoms with Gasteiger partial charge < -0.3 is 15.1 Å². The van der Waals surface area contributed by atoms with E-state index in [0.29, 0.717) is 17.3 Å². The molecular weight excluding hydrogens is 398 g/mol. The molecule has 8 heteroatoms. The van der Waals surface area contributed by atoms with Crippen molar-refractivity contribution in [2.75, 3.05) is 43.4 Å². The molecule has 136 valence electrons. The third kappa shape index (κ3) is 3.26. The second-order valence-electron chi connectivity index (χ2n) is 6.80. The summed E-state index contributed by atoms with van der Waals surface area (Å²) in [5.41, 5.74) is 1.27. The number of hydrogen-bond donors (Lipinski definition) is 2. The van der Waals surface area contributed by atoms with Crippen LogP contribution < -0.4 is 15.8 Å². The van der Waals surface area contributed by atoms with E-state index in [1.54, 1.807) is 0 Å². The number of nitrogens with zero attached hydrogens (tertiary/aromatic N) is 3. The van der Waals surface area contributed by atoms with Gasteiger partial charge in [-0.3, -0.25) is 14.6 Å². The van der Waals surface area contributed by atoms with Crippen LogP contribution in [0.2, 0.25) is 0 Å². The molecule has 2 aliphatic heterocycles. The van der Waals surface area contributed by atoms with E-state index in [0.717, 1.165) is 36.2 Å². The highest BCUT2D eigenvalue weighted by atomic mass is 79.9. The highest BCUT2D eigenvalue weighted by Gasteiger charge is 2.31. The fourth-order valence-electron chi connectivity index (χ4n) is 3.54. The van der Waals surface area contributed by atoms with Crippen LogP contribution in [-0.2, 0) is 4.79 Å². The number of fused-ring (bicyclic) bond motifs is 1. The number of carbonyl (C=O) groups is 1. The van der Waals surface area contributed by atoms with Gasteiger partial charge in [-0.1, -0.05) is 28.1 Å². The Bertz CT molecular complexity index is 905. The van der Waals surface area contributed by atoms with Gasteiger partial charge in [-0.2, -0.15) is 4.98 Å². The van der Waals surface area contributed by atoms with Gasteiger partial charge in [0.1, 0.15) is 5.82 Å². The number of nitrogens with one attached hydrogen (secondary N) is 2. The molecule has 26 heavy (non-hydrogen) atoms. The lowest BCUT2D eigenvalue weighted by atomic mass is 9.87. The number of aromatic amines is 1. The number of piperazine rings is 1. The van der Waals surface area contributed by atoms with Gasteiger partial charge in [0, 0.05) is 43.0 Å². The maximum absolute atomic E-state index is 12.9. The molecular formula is C18H20BrN5O2. The van der Waals surface area contributed by atoms with Gasteiger partial charge in [0.2, 0.25) is 11.9 Å². The molecule has 4 rings (SSSR count). The minimum atomic E-state index is -0.297. The van der Waals surface area contributed by atoms with Gasteiger partial charge in [-0.25, -0.2) is 0 Å². The molecule has 1 aromatic heterocycles. The zero-order valence-corrected chi connectivity index (χ0v) is 16.0. The standard InChI is InChI=1S/C18H20BrN5O2/c1-23-5-7-24(8-6-23)18-21-16-15(17(26)22-18)13(10-14(25)20-16)11-3-2-4-12(19)9-11/h2-4,9,13H,5-8,10H2,1H3,(H2,20,21,22,25,26)/t13-/m1/s1. The number of carbonyl (C=O) groups excluding carboxylic acids is 1. The first-order valence-electron chi connectivity index (χ1n) is 8.64. The highest BCUT2D eigenvalue weighted by Crippen LogP contribution is 2.35. The fraction of sp³-hybridized carbons (Fsp3) is 0.389. The average molecular weight is 418 g/mol. The number of halogens is 1. The van der Waals surface area contributed by atoms with Crippen molar-refractivity contribution in [1.82, 2.24) is 14.9 Å². The number of aromatic nitrogens is 2. The lowest BCUT2D eigenvalue weighted by Gasteiger charge is -2.33. The van der Waals surface area contributed by atoms with Gasteiger partial charge in [0.25, 0.3) is 5.56 Å². The quantitative estimate of drug-likeness (QED) is 0.777. The van der Waals surface area contributed by atoms with Crippen LogP contribution in [0, 0.1) is 0 Å². The molecule has 0 aliphatic carbocycles. The second kappa shape index (κ2) is 6.85. The first-order valence-corrected chi connectivity index (χ1v) is 9.43. The summed E-state index contributed by atoms with van der Waals surface area (Å²) in [5, 5.41) is 2.78. The van der Waals surface area contributed by atoms with Gasteiger partial charge >= 0.3 is 0 Å². The van der Waals surface area contributed by atoms with Crippen LogP contribution in [0.1, 0.15) is 23.5 Å². The summed E-state index contributed by atoms with van der Waals surface area (Å²) in [6.45, 7) is 3.41. The van der Waals surface area contributed by atoms with Crippen molar-refractivity contribution < 1.29 is 4.79 Å². The van der Waals surface area contributed by atoms with E-state index in [9.17, 15) is 9.59 Å². The maximum Gasteiger partial charge on any atom is 0.258 e. The molecule has 0 radical (unpaired) electrons. The Labute approximate surface area is 159 Å². The number of likely N-dealkylation sites (N-methyl/N-ethyl adjacent to an activating group) is 1. The Balaban J connectivity index is 1.74. The number of benzene rings is 1. The summed E-state index contributed by atoms with van der Waals surface area (Å²) >= 11 is 3.46. The minimum absolute atomic E-state index is 0.120. The SMILES string of the molecule is CN1CCN(c2nc3c(c(=O)[nH]2)[C@@H](c2cccc(Br)c2)CC(=O)N3)CC1. The Morgan fingerprint density at radius 1 is 1.19 bits per heavy atom. The number of hydrogen-bond acceptors (Lipinski definition) is 5. The van der Waals surface area contributed by atoms with Crippen molar-refractivity contribution in [2.45, 2.75) is 12.3 Å². The van der Waals surface area contributed by atoms with Crippen LogP contribution in [0.25, 0.3) is 0 Å². The van der Waals surface area contributed by atoms with E-state index in [2.05, 4.69) is 48.1 Å². The van der Waals surface area contributed by atoms with Crippen molar-refractivity contribution in [1.29, 1.82) is 0 Å². The highest BCUT2D eigenvalue weighted by molar-refractivity contribution is 9.10. The van der Waals surface area contributed by atoms with E-state index in [-0.39, 0.29) is 23.8 Å². The van der Waals surface area contributed by atoms with E-state index in [1.165, 1.54) is 0 Å². The Hall–Kier alpha value is -2.19. The molecule has 7 nitrogen and oxygen atoms in total. The number of rotatable bonds is 2. The van der Waals surface area contributed by atoms with E-state index >= 15 is 0 Å². The monoisotopic (exact) mass is 417 g/mol. The Morgan fingerprint density at radius 3 is 2.69 bits per heavy atom. The van der Waals surface area contributed by atoms with Crippen LogP contribution in [0.4, 0.5) is 11.8 Å². The second-order valence-corrected chi connectivity index (χ2v) is 7.72. The number of H-pyrrole nitrogens is 1. The summed E-state index contributed by atoms with van der Waals surface area (Å²) in [5.74, 6) is 0.486. The first kappa shape index (κ1) is 17.2. The van der Waals surface area contributed by atoms with Gasteiger partial charge in [0.15, 0.2) is 0 Å². The third-order valence-corrected chi connectivity index (χ3v) is 5.49. The predicted molar refractivity (Wildman–Crippen MR) is 104 cm³/mol. The summed E-state index contributed by atoms with van der Waals surface area (Å²) in [7, 11) is 2.07. The predicted octanol–water partition coefficient (Wildman–Crippen LogP) is 1.76. The number of anilines is 2. The van der Waals surface area contributed by atoms with Crippen molar-refractivity contribution in [3.63, 3.8) is 0 Å². The molecule has 1 fully saturated rings. The zero-order valence-electron chi connectivity index (χ0n) is 14.5. The van der Waals surface area contributed by atoms with Crippen LogP contribution in [0.3, 0.4) is 0 Å². The molecule has 2 N–H and O–H groups in total. The van der Waals surface area contributed by atoms with Crippen LogP contribution >= 0.6 is 15.9 Å². The van der Waals surface area contributed by atoms with Gasteiger partial charge in [0.05, 0.1) is 5.56 Å². The molecule has 1 atom stereocenters. The topological polar surface area (TPSA) is 81.3 Å². The summed E-state index contributed by atoms with van der Waals surface area (Å²) in [4.78, 5) is 36.9. The lowest BCUT2D eigenvalue weighted by Crippen LogP contribution is -2.46. The molecule has 1 amide bonds. The molecule has 0 bridgehead atoms. The lowest BCUT2D eigenvalue weighted by molar-refractivity contribution is -0.116.